The van der Waals surface area contributed by atoms with Crippen LogP contribution in [-0.2, 0) is 0 Å². The molecule has 0 rings (SSSR count). The van der Waals surface area contributed by atoms with E-state index in [9.17, 15) is 0 Å². The molecule has 0 heterocycles. The molecule has 0 bridgehead atoms. The minimum absolute atomic E-state index is 0.201. The molecule has 0 atom stereocenters. The molecule has 0 fully saturated rings. The van der Waals surface area contributed by atoms with E-state index in [0.29, 0.717) is 0 Å². The zero-order chi connectivity index (χ0) is 7.11. The lowest BCUT2D eigenvalue weighted by atomic mass is 10.6. The summed E-state index contributed by atoms with van der Waals surface area (Å²) in [6, 6.07) is 0. The highest BCUT2D eigenvalue weighted by atomic mass is 32.2. The Morgan fingerprint density at radius 2 is 2.00 bits per heavy atom. The van der Waals surface area contributed by atoms with Crippen molar-refractivity contribution in [1.29, 1.82) is 0 Å². The van der Waals surface area contributed by atoms with Crippen LogP contribution in [0.1, 0.15) is 6.42 Å². The number of hydrogen-bond acceptors (Lipinski definition) is 4. The fourth-order valence-corrected chi connectivity index (χ4v) is 2.16. The highest BCUT2D eigenvalue weighted by molar-refractivity contribution is 8.22. The third kappa shape index (κ3) is 9.40. The van der Waals surface area contributed by atoms with Gasteiger partial charge in [0.1, 0.15) is 0 Å². The van der Waals surface area contributed by atoms with Crippen molar-refractivity contribution in [2.45, 2.75) is 10.3 Å². The summed E-state index contributed by atoms with van der Waals surface area (Å²) in [7, 11) is 0. The molecule has 0 N–H and O–H groups in total. The van der Waals surface area contributed by atoms with Gasteiger partial charge in [0, 0.05) is 0 Å². The predicted molar refractivity (Wildman–Crippen MR) is 57.2 cm³/mol. The maximum atomic E-state index is 4.12. The molecule has 0 nitrogen and oxygen atoms in total. The number of thiol groups is 2. The first kappa shape index (κ1) is 10.4. The molecule has 0 radical (unpaired) electrons. The molecule has 56 valence electrons. The molecule has 9 heavy (non-hydrogen) atoms. The van der Waals surface area contributed by atoms with Crippen molar-refractivity contribution in [2.24, 2.45) is 0 Å². The molecule has 0 saturated carbocycles. The fourth-order valence-electron chi connectivity index (χ4n) is 0.392. The molecular weight excluding hydrogens is 188 g/mol. The van der Waals surface area contributed by atoms with Gasteiger partial charge in [-0.25, -0.2) is 0 Å². The second-order valence-electron chi connectivity index (χ2n) is 1.54. The molecule has 0 aromatic carbocycles. The second kappa shape index (κ2) is 7.51. The summed E-state index contributed by atoms with van der Waals surface area (Å²) in [5.41, 5.74) is 0. The molecule has 0 aliphatic carbocycles. The van der Waals surface area contributed by atoms with E-state index in [1.807, 2.05) is 11.8 Å². The Morgan fingerprint density at radius 3 is 2.44 bits per heavy atom. The highest BCUT2D eigenvalue weighted by Crippen LogP contribution is 2.18. The predicted octanol–water partition coefficient (Wildman–Crippen LogP) is 2.62. The third-order valence-electron chi connectivity index (χ3n) is 0.760. The standard InChI is InChI=1S/C5H12S4/c1-8-3-2-4-9-5(6)7/h5-7H,2-4H2,1H3. The van der Waals surface area contributed by atoms with E-state index >= 15 is 0 Å². The molecule has 0 unspecified atom stereocenters. The topological polar surface area (TPSA) is 0 Å². The quantitative estimate of drug-likeness (QED) is 0.398. The van der Waals surface area contributed by atoms with Crippen LogP contribution >= 0.6 is 48.8 Å². The van der Waals surface area contributed by atoms with E-state index in [1.54, 1.807) is 11.8 Å². The number of hydrogen-bond donors (Lipinski definition) is 2. The van der Waals surface area contributed by atoms with Gasteiger partial charge in [-0.1, -0.05) is 0 Å². The fraction of sp³-hybridized carbons (Fsp3) is 1.00. The number of rotatable bonds is 5. The van der Waals surface area contributed by atoms with Crippen LogP contribution in [0.4, 0.5) is 0 Å². The van der Waals surface area contributed by atoms with Gasteiger partial charge >= 0.3 is 0 Å². The van der Waals surface area contributed by atoms with Crippen LogP contribution < -0.4 is 0 Å². The van der Waals surface area contributed by atoms with Gasteiger partial charge in [0.25, 0.3) is 0 Å². The van der Waals surface area contributed by atoms with Crippen LogP contribution in [-0.4, -0.2) is 21.7 Å². The first-order chi connectivity index (χ1) is 4.27. The van der Waals surface area contributed by atoms with E-state index in [-0.39, 0.29) is 3.91 Å². The maximum Gasteiger partial charge on any atom is 0.0899 e. The molecule has 4 heteroatoms. The van der Waals surface area contributed by atoms with E-state index in [2.05, 4.69) is 31.5 Å². The Balaban J connectivity index is 2.75. The zero-order valence-corrected chi connectivity index (χ0v) is 8.83. The van der Waals surface area contributed by atoms with Crippen molar-refractivity contribution in [2.75, 3.05) is 17.8 Å². The van der Waals surface area contributed by atoms with Gasteiger partial charge < -0.3 is 0 Å². The van der Waals surface area contributed by atoms with Crippen LogP contribution in [0.15, 0.2) is 0 Å². The second-order valence-corrected chi connectivity index (χ2v) is 5.88. The summed E-state index contributed by atoms with van der Waals surface area (Å²) in [5.74, 6) is 2.43. The smallest absolute Gasteiger partial charge is 0.0899 e. The largest absolute Gasteiger partial charge is 0.165 e. The molecule has 0 saturated heterocycles. The van der Waals surface area contributed by atoms with E-state index in [1.165, 1.54) is 17.9 Å². The highest BCUT2D eigenvalue weighted by Gasteiger charge is 1.93. The average molecular weight is 200 g/mol. The Bertz CT molecular complexity index is 54.9. The van der Waals surface area contributed by atoms with Crippen molar-refractivity contribution in [3.05, 3.63) is 0 Å². The van der Waals surface area contributed by atoms with Crippen LogP contribution in [0.3, 0.4) is 0 Å². The van der Waals surface area contributed by atoms with Gasteiger partial charge in [-0.2, -0.15) is 37.0 Å². The minimum Gasteiger partial charge on any atom is -0.165 e. The average Bonchev–Trinajstić information content (AvgIpc) is 1.80. The van der Waals surface area contributed by atoms with E-state index in [0.717, 1.165) is 0 Å². The SMILES string of the molecule is CSCCCSC(S)S. The first-order valence-corrected chi connectivity index (χ1v) is 6.21. The summed E-state index contributed by atoms with van der Waals surface area (Å²) in [6.45, 7) is 0. The van der Waals surface area contributed by atoms with Crippen molar-refractivity contribution in [3.8, 4) is 0 Å². The first-order valence-electron chi connectivity index (χ1n) is 2.74. The molecule has 0 aromatic heterocycles. The summed E-state index contributed by atoms with van der Waals surface area (Å²) < 4.78 is 0.201. The van der Waals surface area contributed by atoms with Gasteiger partial charge in [0.05, 0.1) is 3.91 Å². The van der Waals surface area contributed by atoms with Crippen LogP contribution in [0.5, 0.6) is 0 Å². The summed E-state index contributed by atoms with van der Waals surface area (Å²) in [4.78, 5) is 0. The molecule has 0 aromatic rings. The van der Waals surface area contributed by atoms with Crippen LogP contribution in [0, 0.1) is 0 Å². The minimum atomic E-state index is 0.201. The van der Waals surface area contributed by atoms with Crippen molar-refractivity contribution in [1.82, 2.24) is 0 Å². The van der Waals surface area contributed by atoms with Crippen molar-refractivity contribution < 1.29 is 0 Å². The third-order valence-corrected chi connectivity index (χ3v) is 3.17. The van der Waals surface area contributed by atoms with Gasteiger partial charge in [0.15, 0.2) is 0 Å². The molecule has 0 spiro atoms. The van der Waals surface area contributed by atoms with E-state index < -0.39 is 0 Å². The Kier molecular flexibility index (Phi) is 8.67. The summed E-state index contributed by atoms with van der Waals surface area (Å²) in [5, 5.41) is 0. The van der Waals surface area contributed by atoms with Crippen molar-refractivity contribution in [3.63, 3.8) is 0 Å². The van der Waals surface area contributed by atoms with Gasteiger partial charge in [-0.3, -0.25) is 0 Å². The number of thioether (sulfide) groups is 2. The molecule has 0 aliphatic rings. The van der Waals surface area contributed by atoms with Gasteiger partial charge in [-0.15, -0.1) is 11.8 Å². The molecule has 0 amide bonds. The summed E-state index contributed by atoms with van der Waals surface area (Å²) in [6.07, 6.45) is 3.40. The Morgan fingerprint density at radius 1 is 1.33 bits per heavy atom. The monoisotopic (exact) mass is 200 g/mol. The zero-order valence-electron chi connectivity index (χ0n) is 5.41. The maximum absolute atomic E-state index is 4.12. The van der Waals surface area contributed by atoms with E-state index in [4.69, 9.17) is 0 Å². The lowest BCUT2D eigenvalue weighted by Gasteiger charge is -2.00. The summed E-state index contributed by atoms with van der Waals surface area (Å²) >= 11 is 11.9. The lowest BCUT2D eigenvalue weighted by molar-refractivity contribution is 1.13. The Hall–Kier alpha value is 1.40. The normalized spacial score (nSPS) is 10.7. The van der Waals surface area contributed by atoms with Crippen LogP contribution in [0.25, 0.3) is 0 Å². The molecular formula is C5H12S4. The van der Waals surface area contributed by atoms with Gasteiger partial charge in [0.2, 0.25) is 0 Å². The lowest BCUT2D eigenvalue weighted by Crippen LogP contribution is -1.85. The van der Waals surface area contributed by atoms with Crippen LogP contribution in [0.2, 0.25) is 0 Å². The molecule has 0 aliphatic heterocycles. The van der Waals surface area contributed by atoms with Gasteiger partial charge in [-0.05, 0) is 24.2 Å². The van der Waals surface area contributed by atoms with Crippen molar-refractivity contribution >= 4 is 48.8 Å². The Labute approximate surface area is 76.8 Å².